The van der Waals surface area contributed by atoms with E-state index in [1.165, 1.54) is 11.1 Å². The van der Waals surface area contributed by atoms with Crippen LogP contribution in [0, 0.1) is 12.3 Å². The number of carbonyl (C=O) groups excluding carboxylic acids is 1. The Bertz CT molecular complexity index is 423. The minimum absolute atomic E-state index is 0.0125. The minimum Gasteiger partial charge on any atom is -0.345 e. The molecular weight excluding hydrogens is 248 g/mol. The summed E-state index contributed by atoms with van der Waals surface area (Å²) in [6, 6.07) is 8.52. The van der Waals surface area contributed by atoms with E-state index in [0.717, 1.165) is 12.8 Å². The molecule has 0 saturated carbocycles. The Kier molecular flexibility index (Phi) is 6.21. The number of hydrogen-bond donors (Lipinski definition) is 1. The average molecular weight is 276 g/mol. The van der Waals surface area contributed by atoms with E-state index in [1.54, 1.807) is 0 Å². The summed E-state index contributed by atoms with van der Waals surface area (Å²) in [5, 5.41) is 0. The first-order valence-corrected chi connectivity index (χ1v) is 7.34. The van der Waals surface area contributed by atoms with Crippen molar-refractivity contribution in [1.29, 1.82) is 0 Å². The number of aryl methyl sites for hydroxylation is 2. The second kappa shape index (κ2) is 7.44. The molecule has 0 atom stereocenters. The number of rotatable bonds is 7. The number of benzene rings is 1. The molecule has 3 nitrogen and oxygen atoms in total. The molecule has 3 heteroatoms. The van der Waals surface area contributed by atoms with Crippen LogP contribution >= 0.6 is 0 Å². The first-order valence-electron chi connectivity index (χ1n) is 7.34. The van der Waals surface area contributed by atoms with Crippen LogP contribution in [0.2, 0.25) is 0 Å². The maximum absolute atomic E-state index is 12.1. The summed E-state index contributed by atoms with van der Waals surface area (Å²) in [5.41, 5.74) is 8.26. The van der Waals surface area contributed by atoms with Crippen LogP contribution in [0.1, 0.15) is 37.8 Å². The van der Waals surface area contributed by atoms with E-state index in [-0.39, 0.29) is 11.3 Å². The molecule has 0 unspecified atom stereocenters. The number of nitrogens with zero attached hydrogens (tertiary/aromatic N) is 1. The van der Waals surface area contributed by atoms with E-state index < -0.39 is 0 Å². The highest BCUT2D eigenvalue weighted by molar-refractivity contribution is 5.75. The molecule has 0 aromatic heterocycles. The van der Waals surface area contributed by atoms with E-state index >= 15 is 0 Å². The molecule has 1 aromatic carbocycles. The molecule has 0 fully saturated rings. The topological polar surface area (TPSA) is 46.3 Å². The van der Waals surface area contributed by atoms with Crippen LogP contribution in [0.4, 0.5) is 0 Å². The minimum atomic E-state index is -0.0125. The smallest absolute Gasteiger partial charge is 0.222 e. The van der Waals surface area contributed by atoms with Crippen LogP contribution < -0.4 is 5.73 Å². The van der Waals surface area contributed by atoms with Crippen LogP contribution in [0.3, 0.4) is 0 Å². The second-order valence-corrected chi connectivity index (χ2v) is 6.46. The Morgan fingerprint density at radius 1 is 1.25 bits per heavy atom. The van der Waals surface area contributed by atoms with Gasteiger partial charge in [-0.15, -0.1) is 0 Å². The summed E-state index contributed by atoms with van der Waals surface area (Å²) in [6.07, 6.45) is 2.46. The molecule has 0 aliphatic rings. The summed E-state index contributed by atoms with van der Waals surface area (Å²) in [6.45, 7) is 7.56. The lowest BCUT2D eigenvalue weighted by Crippen LogP contribution is -2.39. The lowest BCUT2D eigenvalue weighted by Gasteiger charge is -2.29. The first-order chi connectivity index (χ1) is 9.34. The molecule has 1 rings (SSSR count). The standard InChI is InChI=1S/C17H28N2O/c1-14-8-10-15(11-9-14)6-5-7-16(20)19(4)13-17(2,3)12-18/h8-11H,5-7,12-13,18H2,1-4H3. The molecule has 0 bridgehead atoms. The maximum Gasteiger partial charge on any atom is 0.222 e. The third kappa shape index (κ3) is 5.74. The fourth-order valence-corrected chi connectivity index (χ4v) is 2.18. The lowest BCUT2D eigenvalue weighted by molar-refractivity contribution is -0.131. The van der Waals surface area contributed by atoms with Gasteiger partial charge in [-0.05, 0) is 37.3 Å². The van der Waals surface area contributed by atoms with Gasteiger partial charge in [0.1, 0.15) is 0 Å². The van der Waals surface area contributed by atoms with E-state index in [9.17, 15) is 4.79 Å². The van der Waals surface area contributed by atoms with Gasteiger partial charge in [0.15, 0.2) is 0 Å². The Hall–Kier alpha value is -1.35. The summed E-state index contributed by atoms with van der Waals surface area (Å²) in [7, 11) is 1.87. The van der Waals surface area contributed by atoms with Crippen LogP contribution in [-0.4, -0.2) is 30.9 Å². The molecule has 20 heavy (non-hydrogen) atoms. The zero-order chi connectivity index (χ0) is 15.2. The Balaban J connectivity index is 2.34. The number of amides is 1. The van der Waals surface area contributed by atoms with Gasteiger partial charge >= 0.3 is 0 Å². The van der Waals surface area contributed by atoms with Crippen molar-refractivity contribution in [1.82, 2.24) is 4.90 Å². The van der Waals surface area contributed by atoms with Crippen molar-refractivity contribution in [2.24, 2.45) is 11.1 Å². The summed E-state index contributed by atoms with van der Waals surface area (Å²) >= 11 is 0. The fraction of sp³-hybridized carbons (Fsp3) is 0.588. The van der Waals surface area contributed by atoms with Crippen molar-refractivity contribution in [2.75, 3.05) is 20.1 Å². The van der Waals surface area contributed by atoms with Crippen molar-refractivity contribution in [3.63, 3.8) is 0 Å². The van der Waals surface area contributed by atoms with Gasteiger partial charge in [-0.2, -0.15) is 0 Å². The summed E-state index contributed by atoms with van der Waals surface area (Å²) in [5.74, 6) is 0.207. The van der Waals surface area contributed by atoms with E-state index in [4.69, 9.17) is 5.73 Å². The van der Waals surface area contributed by atoms with Crippen LogP contribution in [-0.2, 0) is 11.2 Å². The third-order valence-electron chi connectivity index (χ3n) is 3.62. The molecule has 0 aliphatic carbocycles. The van der Waals surface area contributed by atoms with Gasteiger partial charge in [-0.25, -0.2) is 0 Å². The largest absolute Gasteiger partial charge is 0.345 e. The van der Waals surface area contributed by atoms with Crippen molar-refractivity contribution in [3.8, 4) is 0 Å². The van der Waals surface area contributed by atoms with E-state index in [0.29, 0.717) is 19.5 Å². The molecule has 112 valence electrons. The van der Waals surface area contributed by atoms with Gasteiger partial charge in [0.25, 0.3) is 0 Å². The molecule has 1 amide bonds. The normalized spacial score (nSPS) is 11.4. The lowest BCUT2D eigenvalue weighted by atomic mass is 9.93. The van der Waals surface area contributed by atoms with Gasteiger partial charge in [0.2, 0.25) is 5.91 Å². The molecular formula is C17H28N2O. The average Bonchev–Trinajstić information content (AvgIpc) is 2.40. The van der Waals surface area contributed by atoms with Gasteiger partial charge < -0.3 is 10.6 Å². The molecule has 0 spiro atoms. The number of carbonyl (C=O) groups is 1. The Morgan fingerprint density at radius 3 is 2.40 bits per heavy atom. The highest BCUT2D eigenvalue weighted by Crippen LogP contribution is 2.15. The van der Waals surface area contributed by atoms with E-state index in [2.05, 4.69) is 45.0 Å². The van der Waals surface area contributed by atoms with Crippen LogP contribution in [0.15, 0.2) is 24.3 Å². The second-order valence-electron chi connectivity index (χ2n) is 6.46. The molecule has 1 aromatic rings. The molecule has 0 radical (unpaired) electrons. The predicted octanol–water partition coefficient (Wildman–Crippen LogP) is 2.76. The molecule has 0 saturated heterocycles. The summed E-state index contributed by atoms with van der Waals surface area (Å²) in [4.78, 5) is 13.9. The predicted molar refractivity (Wildman–Crippen MR) is 84.6 cm³/mol. The zero-order valence-electron chi connectivity index (χ0n) is 13.3. The van der Waals surface area contributed by atoms with Crippen LogP contribution in [0.25, 0.3) is 0 Å². The highest BCUT2D eigenvalue weighted by atomic mass is 16.2. The maximum atomic E-state index is 12.1. The molecule has 0 heterocycles. The van der Waals surface area contributed by atoms with E-state index in [1.807, 2.05) is 11.9 Å². The summed E-state index contributed by atoms with van der Waals surface area (Å²) < 4.78 is 0. The van der Waals surface area contributed by atoms with Crippen molar-refractivity contribution < 1.29 is 4.79 Å². The van der Waals surface area contributed by atoms with Gasteiger partial charge in [-0.3, -0.25) is 4.79 Å². The number of hydrogen-bond acceptors (Lipinski definition) is 2. The van der Waals surface area contributed by atoms with Crippen molar-refractivity contribution in [3.05, 3.63) is 35.4 Å². The highest BCUT2D eigenvalue weighted by Gasteiger charge is 2.20. The fourth-order valence-electron chi connectivity index (χ4n) is 2.18. The van der Waals surface area contributed by atoms with Gasteiger partial charge in [-0.1, -0.05) is 43.7 Å². The van der Waals surface area contributed by atoms with Crippen molar-refractivity contribution in [2.45, 2.75) is 40.0 Å². The zero-order valence-corrected chi connectivity index (χ0v) is 13.3. The molecule has 0 aliphatic heterocycles. The van der Waals surface area contributed by atoms with Gasteiger partial charge in [0, 0.05) is 20.0 Å². The number of nitrogens with two attached hydrogens (primary N) is 1. The Labute approximate surface area is 123 Å². The van der Waals surface area contributed by atoms with Crippen LogP contribution in [0.5, 0.6) is 0 Å². The Morgan fingerprint density at radius 2 is 1.85 bits per heavy atom. The third-order valence-corrected chi connectivity index (χ3v) is 3.62. The van der Waals surface area contributed by atoms with Gasteiger partial charge in [0.05, 0.1) is 0 Å². The monoisotopic (exact) mass is 276 g/mol. The quantitative estimate of drug-likeness (QED) is 0.832. The first kappa shape index (κ1) is 16.7. The molecule has 2 N–H and O–H groups in total. The SMILES string of the molecule is Cc1ccc(CCCC(=O)N(C)CC(C)(C)CN)cc1. The van der Waals surface area contributed by atoms with Crippen molar-refractivity contribution >= 4 is 5.91 Å².